The maximum Gasteiger partial charge on any atom is 0.387 e. The first-order valence-corrected chi connectivity index (χ1v) is 9.64. The predicted octanol–water partition coefficient (Wildman–Crippen LogP) is 2.00. The van der Waals surface area contributed by atoms with Gasteiger partial charge in [-0.3, -0.25) is 9.80 Å². The molecule has 0 spiro atoms. The Kier molecular flexibility index (Phi) is 7.09. The molecule has 3 saturated heterocycles. The molecule has 0 amide bonds. The Morgan fingerprint density at radius 2 is 2.07 bits per heavy atom. The van der Waals surface area contributed by atoms with E-state index in [1.807, 2.05) is 6.92 Å². The topological polar surface area (TPSA) is 52.1 Å². The van der Waals surface area contributed by atoms with E-state index in [0.29, 0.717) is 29.1 Å². The summed E-state index contributed by atoms with van der Waals surface area (Å²) < 4.78 is 29.8. The molecule has 3 heterocycles. The highest BCUT2D eigenvalue weighted by atomic mass is 35.5. The second-order valence-electron chi connectivity index (χ2n) is 6.70. The van der Waals surface area contributed by atoms with Crippen molar-refractivity contribution in [3.05, 3.63) is 28.8 Å². The van der Waals surface area contributed by atoms with Gasteiger partial charge in [0.1, 0.15) is 5.75 Å². The minimum atomic E-state index is -2.88. The number of nitrogens with zero attached hydrogens (tertiary/aromatic N) is 3. The van der Waals surface area contributed by atoms with E-state index in [2.05, 4.69) is 30.2 Å². The third-order valence-electron chi connectivity index (χ3n) is 4.89. The number of hydrogen-bond donors (Lipinski definition) is 2. The average molecular weight is 402 g/mol. The van der Waals surface area contributed by atoms with E-state index in [1.165, 1.54) is 12.1 Å². The largest absolute Gasteiger partial charge is 0.434 e. The van der Waals surface area contributed by atoms with Crippen molar-refractivity contribution < 1.29 is 13.5 Å². The highest BCUT2D eigenvalue weighted by Gasteiger charge is 2.31. The number of halogens is 3. The molecular weight excluding hydrogens is 376 g/mol. The van der Waals surface area contributed by atoms with Crippen LogP contribution in [0.4, 0.5) is 8.78 Å². The highest BCUT2D eigenvalue weighted by Crippen LogP contribution is 2.25. The molecular formula is C18H26ClF2N5O. The van der Waals surface area contributed by atoms with Crippen LogP contribution in [0.15, 0.2) is 23.2 Å². The van der Waals surface area contributed by atoms with Crippen LogP contribution >= 0.6 is 11.6 Å². The lowest BCUT2D eigenvalue weighted by Crippen LogP contribution is -2.63. The smallest absolute Gasteiger partial charge is 0.387 e. The second-order valence-corrected chi connectivity index (χ2v) is 7.13. The summed E-state index contributed by atoms with van der Waals surface area (Å²) in [7, 11) is 0. The summed E-state index contributed by atoms with van der Waals surface area (Å²) in [6.45, 7) is 6.36. The number of fused-ring (bicyclic) bond motifs is 3. The van der Waals surface area contributed by atoms with Gasteiger partial charge < -0.3 is 15.4 Å². The van der Waals surface area contributed by atoms with Crippen molar-refractivity contribution in [1.82, 2.24) is 20.4 Å². The number of guanidine groups is 1. The Morgan fingerprint density at radius 1 is 1.30 bits per heavy atom. The van der Waals surface area contributed by atoms with Crippen LogP contribution in [0.2, 0.25) is 5.02 Å². The van der Waals surface area contributed by atoms with Crippen molar-refractivity contribution in [2.24, 2.45) is 4.99 Å². The first-order valence-electron chi connectivity index (χ1n) is 9.27. The molecule has 2 N–H and O–H groups in total. The Bertz CT molecular complexity index is 653. The van der Waals surface area contributed by atoms with Crippen molar-refractivity contribution in [2.75, 3.05) is 45.8 Å². The fraction of sp³-hybridized carbons (Fsp3) is 0.611. The molecule has 3 fully saturated rings. The maximum atomic E-state index is 12.6. The lowest BCUT2D eigenvalue weighted by atomic mass is 10.1. The number of aliphatic imine (C=N–C) groups is 1. The van der Waals surface area contributed by atoms with Crippen LogP contribution in [0.5, 0.6) is 5.75 Å². The molecule has 0 saturated carbocycles. The molecule has 0 aliphatic carbocycles. The van der Waals surface area contributed by atoms with E-state index in [0.717, 1.165) is 39.3 Å². The summed E-state index contributed by atoms with van der Waals surface area (Å²) >= 11 is 6.00. The Hall–Kier alpha value is -1.64. The first-order chi connectivity index (χ1) is 13.0. The predicted molar refractivity (Wildman–Crippen MR) is 103 cm³/mol. The molecule has 3 aliphatic heterocycles. The van der Waals surface area contributed by atoms with E-state index in [4.69, 9.17) is 11.6 Å². The number of benzene rings is 1. The average Bonchev–Trinajstić information content (AvgIpc) is 2.66. The number of piperazine rings is 3. The number of nitrogens with one attached hydrogen (secondary N) is 2. The Labute approximate surface area is 163 Å². The van der Waals surface area contributed by atoms with Gasteiger partial charge in [-0.15, -0.1) is 0 Å². The summed E-state index contributed by atoms with van der Waals surface area (Å²) in [5.74, 6) is 0.746. The summed E-state index contributed by atoms with van der Waals surface area (Å²) in [5, 5.41) is 7.02. The fourth-order valence-electron chi connectivity index (χ4n) is 3.52. The second kappa shape index (κ2) is 9.52. The maximum absolute atomic E-state index is 12.6. The monoisotopic (exact) mass is 401 g/mol. The number of rotatable bonds is 7. The molecule has 1 aromatic rings. The molecule has 9 heteroatoms. The Morgan fingerprint density at radius 3 is 2.70 bits per heavy atom. The van der Waals surface area contributed by atoms with Gasteiger partial charge in [-0.25, -0.2) is 4.99 Å². The van der Waals surface area contributed by atoms with Crippen LogP contribution in [-0.2, 0) is 6.54 Å². The lowest BCUT2D eigenvalue weighted by molar-refractivity contribution is -0.0504. The van der Waals surface area contributed by atoms with Gasteiger partial charge in [0.2, 0.25) is 0 Å². The molecule has 2 bridgehead atoms. The van der Waals surface area contributed by atoms with Gasteiger partial charge in [-0.1, -0.05) is 11.6 Å². The molecule has 0 radical (unpaired) electrons. The van der Waals surface area contributed by atoms with Gasteiger partial charge in [-0.05, 0) is 25.1 Å². The molecule has 0 aromatic heterocycles. The minimum absolute atomic E-state index is 0.0949. The molecule has 27 heavy (non-hydrogen) atoms. The van der Waals surface area contributed by atoms with Gasteiger partial charge in [0.15, 0.2) is 5.96 Å². The van der Waals surface area contributed by atoms with Crippen molar-refractivity contribution in [2.45, 2.75) is 26.1 Å². The van der Waals surface area contributed by atoms with Crippen LogP contribution in [0.1, 0.15) is 12.5 Å². The first kappa shape index (κ1) is 20.1. The van der Waals surface area contributed by atoms with E-state index in [1.54, 1.807) is 6.07 Å². The normalized spacial score (nSPS) is 24.9. The molecule has 3 aliphatic rings. The van der Waals surface area contributed by atoms with Gasteiger partial charge in [0, 0.05) is 62.4 Å². The van der Waals surface area contributed by atoms with Crippen LogP contribution < -0.4 is 15.4 Å². The van der Waals surface area contributed by atoms with Gasteiger partial charge in [0.25, 0.3) is 0 Å². The van der Waals surface area contributed by atoms with Crippen molar-refractivity contribution in [3.8, 4) is 5.75 Å². The van der Waals surface area contributed by atoms with E-state index in [9.17, 15) is 8.78 Å². The summed E-state index contributed by atoms with van der Waals surface area (Å²) in [4.78, 5) is 9.50. The van der Waals surface area contributed by atoms with Gasteiger partial charge >= 0.3 is 6.61 Å². The summed E-state index contributed by atoms with van der Waals surface area (Å²) in [5.41, 5.74) is 0.520. The number of ether oxygens (including phenoxy) is 1. The zero-order chi connectivity index (χ0) is 19.2. The molecule has 6 nitrogen and oxygen atoms in total. The van der Waals surface area contributed by atoms with Crippen LogP contribution in [0.25, 0.3) is 0 Å². The highest BCUT2D eigenvalue weighted by molar-refractivity contribution is 6.30. The molecule has 4 rings (SSSR count). The van der Waals surface area contributed by atoms with Crippen LogP contribution in [0, 0.1) is 0 Å². The third-order valence-corrected chi connectivity index (χ3v) is 5.12. The minimum Gasteiger partial charge on any atom is -0.434 e. The van der Waals surface area contributed by atoms with E-state index < -0.39 is 6.61 Å². The zero-order valence-electron chi connectivity index (χ0n) is 15.4. The Balaban J connectivity index is 1.62. The molecule has 1 aromatic carbocycles. The van der Waals surface area contributed by atoms with E-state index >= 15 is 0 Å². The van der Waals surface area contributed by atoms with Crippen molar-refractivity contribution >= 4 is 17.6 Å². The SMILES string of the molecule is CCNC(=NCc1cc(Cl)ccc1OC(F)F)NCC1CN2CCN1CC2. The summed E-state index contributed by atoms with van der Waals surface area (Å²) in [6.07, 6.45) is 0. The lowest BCUT2D eigenvalue weighted by Gasteiger charge is -2.47. The fourth-order valence-corrected chi connectivity index (χ4v) is 3.72. The van der Waals surface area contributed by atoms with Crippen molar-refractivity contribution in [3.63, 3.8) is 0 Å². The number of hydrogen-bond acceptors (Lipinski definition) is 4. The van der Waals surface area contributed by atoms with Crippen LogP contribution in [0.3, 0.4) is 0 Å². The molecule has 1 atom stereocenters. The van der Waals surface area contributed by atoms with Crippen LogP contribution in [-0.4, -0.2) is 74.2 Å². The molecule has 150 valence electrons. The van der Waals surface area contributed by atoms with E-state index in [-0.39, 0.29) is 12.3 Å². The third kappa shape index (κ3) is 5.67. The zero-order valence-corrected chi connectivity index (χ0v) is 16.2. The standard InChI is InChI=1S/C18H26ClF2N5O/c1-2-22-18(24-11-15-12-25-5-7-26(15)8-6-25)23-10-13-9-14(19)3-4-16(13)27-17(20)21/h3-4,9,15,17H,2,5-8,10-12H2,1H3,(H2,22,23,24). The molecule has 1 unspecified atom stereocenters. The number of alkyl halides is 2. The summed E-state index contributed by atoms with van der Waals surface area (Å²) in [6, 6.07) is 5.03. The van der Waals surface area contributed by atoms with Gasteiger partial charge in [-0.2, -0.15) is 8.78 Å². The van der Waals surface area contributed by atoms with Crippen molar-refractivity contribution in [1.29, 1.82) is 0 Å². The quantitative estimate of drug-likeness (QED) is 0.540. The van der Waals surface area contributed by atoms with Gasteiger partial charge in [0.05, 0.1) is 6.54 Å².